The van der Waals surface area contributed by atoms with E-state index in [1.54, 1.807) is 5.48 Å². The molecule has 24 heavy (non-hydrogen) atoms. The van der Waals surface area contributed by atoms with Gasteiger partial charge in [-0.05, 0) is 37.6 Å². The van der Waals surface area contributed by atoms with Gasteiger partial charge in [0.2, 0.25) is 5.91 Å². The van der Waals surface area contributed by atoms with E-state index in [-0.39, 0.29) is 12.3 Å². The Balaban J connectivity index is 2.22. The van der Waals surface area contributed by atoms with E-state index >= 15 is 0 Å². The average Bonchev–Trinajstić information content (AvgIpc) is 2.94. The molecule has 1 aromatic carbocycles. The average molecular weight is 332 g/mol. The molecule has 3 N–H and O–H groups in total. The van der Waals surface area contributed by atoms with Crippen LogP contribution in [-0.4, -0.2) is 34.3 Å². The van der Waals surface area contributed by atoms with Gasteiger partial charge in [0.1, 0.15) is 5.82 Å². The molecule has 0 aliphatic carbocycles. The summed E-state index contributed by atoms with van der Waals surface area (Å²) >= 11 is 0. The summed E-state index contributed by atoms with van der Waals surface area (Å²) in [6, 6.07) is 6.19. The number of imidazole rings is 1. The molecule has 0 spiro atoms. The van der Waals surface area contributed by atoms with E-state index < -0.39 is 0 Å². The smallest absolute Gasteiger partial charge is 0.243 e. The highest BCUT2D eigenvalue weighted by Gasteiger charge is 2.11. The van der Waals surface area contributed by atoms with Crippen molar-refractivity contribution in [3.63, 3.8) is 0 Å². The lowest BCUT2D eigenvalue weighted by Gasteiger charge is -2.09. The van der Waals surface area contributed by atoms with E-state index in [0.29, 0.717) is 6.42 Å². The van der Waals surface area contributed by atoms with Gasteiger partial charge in [-0.2, -0.15) is 0 Å². The van der Waals surface area contributed by atoms with Crippen LogP contribution in [0.2, 0.25) is 0 Å². The zero-order valence-electron chi connectivity index (χ0n) is 14.6. The second kappa shape index (κ2) is 9.39. The van der Waals surface area contributed by atoms with E-state index in [1.165, 1.54) is 12.8 Å². The number of nitrogens with zero attached hydrogens (tertiary/aromatic N) is 2. The predicted molar refractivity (Wildman–Crippen MR) is 95.1 cm³/mol. The summed E-state index contributed by atoms with van der Waals surface area (Å²) in [4.78, 5) is 16.0. The van der Waals surface area contributed by atoms with Crippen LogP contribution in [0.25, 0.3) is 11.0 Å². The first-order valence-electron chi connectivity index (χ1n) is 8.75. The number of likely N-dealkylation sites (N-methyl/N-ethyl adjacent to an activating group) is 1. The number of hydroxylamine groups is 1. The molecule has 0 aliphatic rings. The van der Waals surface area contributed by atoms with Gasteiger partial charge >= 0.3 is 0 Å². The summed E-state index contributed by atoms with van der Waals surface area (Å²) < 4.78 is 2.30. The molecule has 1 amide bonds. The molecular formula is C18H28N4O2. The predicted octanol–water partition coefficient (Wildman–Crippen LogP) is 2.43. The minimum absolute atomic E-state index is 0.270. The molecule has 0 aliphatic heterocycles. The van der Waals surface area contributed by atoms with Crippen molar-refractivity contribution in [2.45, 2.75) is 52.0 Å². The number of carbonyl (C=O) groups is 1. The molecule has 1 aromatic heterocycles. The summed E-state index contributed by atoms with van der Waals surface area (Å²) in [6.45, 7) is 4.02. The monoisotopic (exact) mass is 332 g/mol. The fourth-order valence-electron chi connectivity index (χ4n) is 2.89. The van der Waals surface area contributed by atoms with Crippen LogP contribution in [-0.2, 0) is 24.2 Å². The van der Waals surface area contributed by atoms with Crippen LogP contribution in [0.3, 0.4) is 0 Å². The summed E-state index contributed by atoms with van der Waals surface area (Å²) in [5.41, 5.74) is 4.86. The van der Waals surface area contributed by atoms with Crippen LogP contribution < -0.4 is 10.8 Å². The zero-order valence-corrected chi connectivity index (χ0v) is 14.6. The Kier molecular flexibility index (Phi) is 7.21. The van der Waals surface area contributed by atoms with Crippen LogP contribution >= 0.6 is 0 Å². The number of aryl methyl sites for hydroxylation is 2. The fourth-order valence-corrected chi connectivity index (χ4v) is 2.89. The van der Waals surface area contributed by atoms with Crippen molar-refractivity contribution in [2.24, 2.45) is 0 Å². The molecule has 0 unspecified atom stereocenters. The van der Waals surface area contributed by atoms with Crippen molar-refractivity contribution < 1.29 is 10.0 Å². The maximum atomic E-state index is 11.2. The number of benzene rings is 1. The third kappa shape index (κ3) is 4.79. The van der Waals surface area contributed by atoms with Gasteiger partial charge in [0.05, 0.1) is 11.0 Å². The van der Waals surface area contributed by atoms with Crippen LogP contribution in [0.4, 0.5) is 0 Å². The quantitative estimate of drug-likeness (QED) is 0.355. The molecule has 2 rings (SSSR count). The van der Waals surface area contributed by atoms with Crippen molar-refractivity contribution in [3.05, 3.63) is 29.6 Å². The van der Waals surface area contributed by atoms with Crippen molar-refractivity contribution >= 4 is 16.9 Å². The van der Waals surface area contributed by atoms with Crippen LogP contribution in [0.15, 0.2) is 18.2 Å². The van der Waals surface area contributed by atoms with Gasteiger partial charge < -0.3 is 9.88 Å². The van der Waals surface area contributed by atoms with Crippen LogP contribution in [0, 0.1) is 0 Å². The van der Waals surface area contributed by atoms with Crippen molar-refractivity contribution in [2.75, 3.05) is 13.6 Å². The number of aromatic nitrogens is 2. The lowest BCUT2D eigenvalue weighted by Crippen LogP contribution is -2.18. The van der Waals surface area contributed by atoms with Gasteiger partial charge in [-0.25, -0.2) is 10.5 Å². The van der Waals surface area contributed by atoms with Gasteiger partial charge in [-0.3, -0.25) is 10.0 Å². The van der Waals surface area contributed by atoms with E-state index in [0.717, 1.165) is 48.4 Å². The van der Waals surface area contributed by atoms with Gasteiger partial charge in [-0.15, -0.1) is 0 Å². The van der Waals surface area contributed by atoms with E-state index in [1.807, 2.05) is 13.1 Å². The Labute approximate surface area is 143 Å². The number of nitrogens with one attached hydrogen (secondary N) is 2. The summed E-state index contributed by atoms with van der Waals surface area (Å²) in [5, 5.41) is 11.8. The van der Waals surface area contributed by atoms with Crippen LogP contribution in [0.1, 0.15) is 44.0 Å². The van der Waals surface area contributed by atoms with E-state index in [9.17, 15) is 4.79 Å². The number of rotatable bonds is 10. The standard InChI is InChI=1S/C18H28N4O2/c1-3-4-5-6-17-20-15-13-14(8-10-18(23)21-24)7-9-16(15)22(17)12-11-19-2/h7,9,13,19,24H,3-6,8,10-12H2,1-2H3,(H,21,23). The minimum atomic E-state index is -0.366. The number of fused-ring (bicyclic) bond motifs is 1. The highest BCUT2D eigenvalue weighted by molar-refractivity contribution is 5.78. The molecule has 132 valence electrons. The number of hydrogen-bond donors (Lipinski definition) is 3. The van der Waals surface area contributed by atoms with Crippen molar-refractivity contribution in [3.8, 4) is 0 Å². The molecule has 6 heteroatoms. The van der Waals surface area contributed by atoms with E-state index in [4.69, 9.17) is 10.2 Å². The second-order valence-electron chi connectivity index (χ2n) is 6.10. The number of carbonyl (C=O) groups excluding carboxylic acids is 1. The lowest BCUT2D eigenvalue weighted by atomic mass is 10.1. The molecule has 0 fully saturated rings. The summed E-state index contributed by atoms with van der Waals surface area (Å²) in [5.74, 6) is 0.772. The van der Waals surface area contributed by atoms with Gasteiger partial charge in [0, 0.05) is 25.9 Å². The lowest BCUT2D eigenvalue weighted by molar-refractivity contribution is -0.129. The Morgan fingerprint density at radius 2 is 2.12 bits per heavy atom. The highest BCUT2D eigenvalue weighted by atomic mass is 16.5. The molecular weight excluding hydrogens is 304 g/mol. The Morgan fingerprint density at radius 1 is 1.29 bits per heavy atom. The first kappa shape index (κ1) is 18.4. The van der Waals surface area contributed by atoms with Gasteiger partial charge in [-0.1, -0.05) is 25.8 Å². The molecule has 0 bridgehead atoms. The maximum absolute atomic E-state index is 11.2. The molecule has 0 saturated carbocycles. The Bertz CT molecular complexity index is 666. The van der Waals surface area contributed by atoms with Gasteiger partial charge in [0.15, 0.2) is 0 Å². The summed E-state index contributed by atoms with van der Waals surface area (Å²) in [6.07, 6.45) is 5.44. The topological polar surface area (TPSA) is 79.2 Å². The zero-order chi connectivity index (χ0) is 17.4. The maximum Gasteiger partial charge on any atom is 0.243 e. The molecule has 0 radical (unpaired) electrons. The van der Waals surface area contributed by atoms with Crippen molar-refractivity contribution in [1.29, 1.82) is 0 Å². The molecule has 1 heterocycles. The second-order valence-corrected chi connectivity index (χ2v) is 6.10. The number of amides is 1. The minimum Gasteiger partial charge on any atom is -0.327 e. The highest BCUT2D eigenvalue weighted by Crippen LogP contribution is 2.20. The fraction of sp³-hybridized carbons (Fsp3) is 0.556. The third-order valence-electron chi connectivity index (χ3n) is 4.25. The van der Waals surface area contributed by atoms with Gasteiger partial charge in [0.25, 0.3) is 0 Å². The third-order valence-corrected chi connectivity index (χ3v) is 4.25. The first-order valence-corrected chi connectivity index (χ1v) is 8.75. The molecule has 2 aromatic rings. The Hall–Kier alpha value is -1.92. The van der Waals surface area contributed by atoms with Crippen LogP contribution in [0.5, 0.6) is 0 Å². The van der Waals surface area contributed by atoms with Crippen molar-refractivity contribution in [1.82, 2.24) is 20.3 Å². The first-order chi connectivity index (χ1) is 11.7. The number of hydrogen-bond acceptors (Lipinski definition) is 4. The molecule has 6 nitrogen and oxygen atoms in total. The largest absolute Gasteiger partial charge is 0.327 e. The Morgan fingerprint density at radius 3 is 2.83 bits per heavy atom. The SMILES string of the molecule is CCCCCc1nc2cc(CCC(=O)NO)ccc2n1CCNC. The van der Waals surface area contributed by atoms with E-state index in [2.05, 4.69) is 28.9 Å². The number of unbranched alkanes of at least 4 members (excludes halogenated alkanes) is 2. The normalized spacial score (nSPS) is 11.1. The molecule has 0 atom stereocenters. The summed E-state index contributed by atoms with van der Waals surface area (Å²) in [7, 11) is 1.96. The molecule has 0 saturated heterocycles.